The second-order valence-corrected chi connectivity index (χ2v) is 7.15. The first-order chi connectivity index (χ1) is 15.7. The lowest BCUT2D eigenvalue weighted by molar-refractivity contribution is -0.192. The van der Waals surface area contributed by atoms with Crippen LogP contribution < -0.4 is 5.48 Å². The fourth-order valence-corrected chi connectivity index (χ4v) is 3.14. The fourth-order valence-electron chi connectivity index (χ4n) is 3.14. The van der Waals surface area contributed by atoms with Gasteiger partial charge in [0.25, 0.3) is 5.91 Å². The third-order valence-electron chi connectivity index (χ3n) is 4.83. The number of H-pyrrole nitrogens is 1. The zero-order valence-electron chi connectivity index (χ0n) is 17.2. The molecule has 4 N–H and O–H groups in total. The Labute approximate surface area is 185 Å². The van der Waals surface area contributed by atoms with Crippen LogP contribution in [0.5, 0.6) is 0 Å². The third-order valence-corrected chi connectivity index (χ3v) is 4.83. The molecule has 176 valence electrons. The second-order valence-electron chi connectivity index (χ2n) is 7.15. The molecule has 1 aliphatic heterocycles. The summed E-state index contributed by atoms with van der Waals surface area (Å²) in [6.45, 7) is 4.45. The number of ether oxygens (including phenoxy) is 1. The molecule has 12 heteroatoms. The number of imidazole rings is 1. The van der Waals surface area contributed by atoms with E-state index in [0.29, 0.717) is 5.56 Å². The van der Waals surface area contributed by atoms with E-state index in [9.17, 15) is 18.0 Å². The minimum Gasteiger partial charge on any atom is -0.475 e. The Morgan fingerprint density at radius 1 is 1.12 bits per heavy atom. The molecule has 0 atom stereocenters. The molecule has 1 aliphatic rings. The van der Waals surface area contributed by atoms with Crippen LogP contribution in [0.25, 0.3) is 22.4 Å². The molecule has 33 heavy (non-hydrogen) atoms. The predicted octanol–water partition coefficient (Wildman–Crippen LogP) is 2.81. The van der Waals surface area contributed by atoms with E-state index in [1.54, 1.807) is 23.7 Å². The molecule has 0 saturated carbocycles. The number of aromatic nitrogens is 2. The van der Waals surface area contributed by atoms with Gasteiger partial charge in [0, 0.05) is 30.8 Å². The van der Waals surface area contributed by atoms with Gasteiger partial charge in [-0.2, -0.15) is 13.2 Å². The van der Waals surface area contributed by atoms with Crippen LogP contribution >= 0.6 is 0 Å². The van der Waals surface area contributed by atoms with Crippen LogP contribution in [0.1, 0.15) is 15.9 Å². The highest BCUT2D eigenvalue weighted by atomic mass is 19.4. The van der Waals surface area contributed by atoms with Crippen molar-refractivity contribution in [1.82, 2.24) is 20.3 Å². The van der Waals surface area contributed by atoms with Crippen LogP contribution in [-0.2, 0) is 16.1 Å². The number of alkyl halides is 3. The lowest BCUT2D eigenvalue weighted by atomic mass is 10.1. The molecule has 2 aromatic carbocycles. The maximum Gasteiger partial charge on any atom is 0.490 e. The summed E-state index contributed by atoms with van der Waals surface area (Å²) in [4.78, 5) is 30.6. The van der Waals surface area contributed by atoms with E-state index in [0.717, 1.165) is 55.3 Å². The van der Waals surface area contributed by atoms with Gasteiger partial charge in [-0.05, 0) is 23.8 Å². The van der Waals surface area contributed by atoms with Gasteiger partial charge in [0.05, 0.1) is 24.2 Å². The third kappa shape index (κ3) is 6.51. The van der Waals surface area contributed by atoms with Crippen molar-refractivity contribution in [2.24, 2.45) is 0 Å². The number of benzene rings is 2. The number of carbonyl (C=O) groups excluding carboxylic acids is 1. The number of fused-ring (bicyclic) bond motifs is 1. The van der Waals surface area contributed by atoms with Crippen LogP contribution in [0, 0.1) is 0 Å². The number of morpholine rings is 1. The number of rotatable bonds is 4. The van der Waals surface area contributed by atoms with Crippen molar-refractivity contribution in [1.29, 1.82) is 0 Å². The minimum atomic E-state index is -5.08. The lowest BCUT2D eigenvalue weighted by Crippen LogP contribution is -2.35. The summed E-state index contributed by atoms with van der Waals surface area (Å²) >= 11 is 0. The molecule has 1 amide bonds. The van der Waals surface area contributed by atoms with Crippen LogP contribution in [-0.4, -0.2) is 69.5 Å². The molecule has 2 heterocycles. The van der Waals surface area contributed by atoms with Crippen molar-refractivity contribution in [3.63, 3.8) is 0 Å². The number of aromatic amines is 1. The van der Waals surface area contributed by atoms with Gasteiger partial charge in [0.1, 0.15) is 5.82 Å². The first kappa shape index (κ1) is 24.2. The van der Waals surface area contributed by atoms with Crippen molar-refractivity contribution < 1.29 is 37.8 Å². The SMILES string of the molecule is O=C(NO)c1ccc2nc(-c3ccc(CN4CCOCC4)cc3)[nH]c2c1.O=C(O)C(F)(F)F. The Hall–Kier alpha value is -3.48. The first-order valence-electron chi connectivity index (χ1n) is 9.81. The smallest absolute Gasteiger partial charge is 0.475 e. The largest absolute Gasteiger partial charge is 0.490 e. The van der Waals surface area contributed by atoms with Crippen LogP contribution in [0.2, 0.25) is 0 Å². The molecule has 0 aliphatic carbocycles. The number of amides is 1. The molecule has 0 spiro atoms. The second kappa shape index (κ2) is 10.4. The summed E-state index contributed by atoms with van der Waals surface area (Å²) in [5, 5.41) is 15.9. The highest BCUT2D eigenvalue weighted by Crippen LogP contribution is 2.22. The normalized spacial score (nSPS) is 14.4. The van der Waals surface area contributed by atoms with Crippen molar-refractivity contribution in [3.05, 3.63) is 53.6 Å². The van der Waals surface area contributed by atoms with Crippen LogP contribution in [0.4, 0.5) is 13.2 Å². The molecule has 4 rings (SSSR count). The van der Waals surface area contributed by atoms with E-state index in [4.69, 9.17) is 19.8 Å². The molecule has 1 saturated heterocycles. The summed E-state index contributed by atoms with van der Waals surface area (Å²) in [5.74, 6) is -2.55. The standard InChI is InChI=1S/C19H20N4O3.C2HF3O2/c24-19(22-25)15-5-6-16-17(11-15)21-18(20-16)14-3-1-13(2-4-14)12-23-7-9-26-10-8-23;3-2(4,5)1(6)7/h1-6,11,25H,7-10,12H2,(H,20,21)(H,22,24);(H,6,7). The average molecular weight is 466 g/mol. The van der Waals surface area contributed by atoms with E-state index in [1.807, 2.05) is 0 Å². The van der Waals surface area contributed by atoms with Gasteiger partial charge < -0.3 is 14.8 Å². The zero-order valence-corrected chi connectivity index (χ0v) is 17.2. The molecule has 3 aromatic rings. The van der Waals surface area contributed by atoms with E-state index >= 15 is 0 Å². The molecular formula is C21H21F3N4O5. The zero-order chi connectivity index (χ0) is 24.0. The maximum atomic E-state index is 11.5. The monoisotopic (exact) mass is 466 g/mol. The van der Waals surface area contributed by atoms with Gasteiger partial charge in [-0.1, -0.05) is 24.3 Å². The van der Waals surface area contributed by atoms with Gasteiger partial charge in [-0.3, -0.25) is 14.9 Å². The van der Waals surface area contributed by atoms with Gasteiger partial charge in [-0.25, -0.2) is 15.3 Å². The van der Waals surface area contributed by atoms with Gasteiger partial charge >= 0.3 is 12.1 Å². The predicted molar refractivity (Wildman–Crippen MR) is 111 cm³/mol. The summed E-state index contributed by atoms with van der Waals surface area (Å²) in [7, 11) is 0. The quantitative estimate of drug-likeness (QED) is 0.344. The number of nitrogens with zero attached hydrogens (tertiary/aromatic N) is 2. The summed E-state index contributed by atoms with van der Waals surface area (Å²) in [6.07, 6.45) is -5.08. The topological polar surface area (TPSA) is 128 Å². The number of carboxylic acid groups (broad SMARTS) is 1. The summed E-state index contributed by atoms with van der Waals surface area (Å²) in [5.41, 5.74) is 5.77. The number of hydroxylamine groups is 1. The number of halogens is 3. The number of carboxylic acids is 1. The highest BCUT2D eigenvalue weighted by Gasteiger charge is 2.38. The van der Waals surface area contributed by atoms with E-state index < -0.39 is 18.1 Å². The summed E-state index contributed by atoms with van der Waals surface area (Å²) < 4.78 is 37.1. The molecule has 1 aromatic heterocycles. The molecular weight excluding hydrogens is 445 g/mol. The van der Waals surface area contributed by atoms with Gasteiger partial charge in [-0.15, -0.1) is 0 Å². The highest BCUT2D eigenvalue weighted by molar-refractivity contribution is 5.97. The molecule has 0 radical (unpaired) electrons. The number of aliphatic carboxylic acids is 1. The fraction of sp³-hybridized carbons (Fsp3) is 0.286. The Balaban J connectivity index is 0.000000383. The maximum absolute atomic E-state index is 11.5. The summed E-state index contributed by atoms with van der Waals surface area (Å²) in [6, 6.07) is 13.4. The average Bonchev–Trinajstić information content (AvgIpc) is 3.23. The Bertz CT molecular complexity index is 1110. The first-order valence-corrected chi connectivity index (χ1v) is 9.81. The molecule has 9 nitrogen and oxygen atoms in total. The Morgan fingerprint density at radius 3 is 2.33 bits per heavy atom. The van der Waals surface area contributed by atoms with Crippen LogP contribution in [0.3, 0.4) is 0 Å². The minimum absolute atomic E-state index is 0.371. The van der Waals surface area contributed by atoms with E-state index in [2.05, 4.69) is 39.1 Å². The van der Waals surface area contributed by atoms with Crippen molar-refractivity contribution >= 4 is 22.9 Å². The van der Waals surface area contributed by atoms with E-state index in [-0.39, 0.29) is 0 Å². The van der Waals surface area contributed by atoms with Gasteiger partial charge in [0.2, 0.25) is 0 Å². The Morgan fingerprint density at radius 2 is 1.76 bits per heavy atom. The number of hydrogen-bond donors (Lipinski definition) is 4. The van der Waals surface area contributed by atoms with Crippen molar-refractivity contribution in [2.75, 3.05) is 26.3 Å². The molecule has 0 bridgehead atoms. The lowest BCUT2D eigenvalue weighted by Gasteiger charge is -2.26. The van der Waals surface area contributed by atoms with Crippen molar-refractivity contribution in [3.8, 4) is 11.4 Å². The van der Waals surface area contributed by atoms with E-state index in [1.165, 1.54) is 5.56 Å². The molecule has 0 unspecified atom stereocenters. The number of hydrogen-bond acceptors (Lipinski definition) is 6. The van der Waals surface area contributed by atoms with Crippen LogP contribution in [0.15, 0.2) is 42.5 Å². The number of carbonyl (C=O) groups is 2. The Kier molecular flexibility index (Phi) is 7.63. The number of nitrogens with one attached hydrogen (secondary N) is 2. The van der Waals surface area contributed by atoms with Crippen molar-refractivity contribution in [2.45, 2.75) is 12.7 Å². The molecule has 1 fully saturated rings. The van der Waals surface area contributed by atoms with Gasteiger partial charge in [0.15, 0.2) is 0 Å².